The quantitative estimate of drug-likeness (QED) is 0.750. The first-order valence-electron chi connectivity index (χ1n) is 9.04. The highest BCUT2D eigenvalue weighted by atomic mass is 16.6. The minimum Gasteiger partial charge on any atom is -0.465 e. The lowest BCUT2D eigenvalue weighted by Crippen LogP contribution is -2.39. The van der Waals surface area contributed by atoms with Crippen molar-refractivity contribution in [3.8, 4) is 0 Å². The van der Waals surface area contributed by atoms with Gasteiger partial charge in [0.15, 0.2) is 0 Å². The number of ether oxygens (including phenoxy) is 2. The van der Waals surface area contributed by atoms with Gasteiger partial charge in [0, 0.05) is 42.8 Å². The van der Waals surface area contributed by atoms with E-state index in [1.165, 1.54) is 12.7 Å². The monoisotopic (exact) mass is 370 g/mol. The van der Waals surface area contributed by atoms with Crippen molar-refractivity contribution < 1.29 is 19.1 Å². The van der Waals surface area contributed by atoms with Crippen LogP contribution in [-0.4, -0.2) is 47.3 Å². The number of carbonyl (C=O) groups is 2. The number of esters is 1. The Morgan fingerprint density at radius 2 is 1.93 bits per heavy atom. The van der Waals surface area contributed by atoms with Gasteiger partial charge in [-0.3, -0.25) is 0 Å². The second kappa shape index (κ2) is 7.10. The van der Waals surface area contributed by atoms with Gasteiger partial charge in [0.2, 0.25) is 0 Å². The summed E-state index contributed by atoms with van der Waals surface area (Å²) in [4.78, 5) is 25.8. The normalized spacial score (nSPS) is 14.9. The standard InChI is InChI=1S/C21H26N2O4/c1-21(2,3)27-20(25)23-10-8-14(9-11-23)17-13-22(4)18-7-6-15(12-16(17)18)19(24)26-5/h6-8,12-13H,9-11H2,1-5H3. The molecule has 0 radical (unpaired) electrons. The molecule has 0 saturated heterocycles. The van der Waals surface area contributed by atoms with Crippen molar-refractivity contribution >= 4 is 28.5 Å². The predicted octanol–water partition coefficient (Wildman–Crippen LogP) is 3.99. The van der Waals surface area contributed by atoms with E-state index in [9.17, 15) is 9.59 Å². The van der Waals surface area contributed by atoms with Gasteiger partial charge in [0.25, 0.3) is 0 Å². The third kappa shape index (κ3) is 3.99. The highest BCUT2D eigenvalue weighted by Gasteiger charge is 2.25. The van der Waals surface area contributed by atoms with Crippen LogP contribution in [0.4, 0.5) is 4.79 Å². The highest BCUT2D eigenvalue weighted by molar-refractivity contribution is 5.99. The molecule has 0 unspecified atom stereocenters. The lowest BCUT2D eigenvalue weighted by Gasteiger charge is -2.29. The van der Waals surface area contributed by atoms with Gasteiger partial charge in [-0.2, -0.15) is 0 Å². The van der Waals surface area contributed by atoms with Crippen molar-refractivity contribution in [2.24, 2.45) is 7.05 Å². The maximum atomic E-state index is 12.2. The SMILES string of the molecule is COC(=O)c1ccc2c(c1)c(C1=CCN(C(=O)OC(C)(C)C)CC1)cn2C. The van der Waals surface area contributed by atoms with Gasteiger partial charge in [-0.15, -0.1) is 0 Å². The van der Waals surface area contributed by atoms with Crippen molar-refractivity contribution in [2.75, 3.05) is 20.2 Å². The number of nitrogens with zero attached hydrogens (tertiary/aromatic N) is 2. The molecular formula is C21H26N2O4. The Kier molecular flexibility index (Phi) is 5.00. The summed E-state index contributed by atoms with van der Waals surface area (Å²) in [5, 5.41) is 1.01. The van der Waals surface area contributed by atoms with E-state index in [2.05, 4.69) is 12.3 Å². The molecule has 1 aliphatic rings. The van der Waals surface area contributed by atoms with Crippen LogP contribution in [0.5, 0.6) is 0 Å². The molecule has 1 amide bonds. The smallest absolute Gasteiger partial charge is 0.410 e. The van der Waals surface area contributed by atoms with Gasteiger partial charge < -0.3 is 18.9 Å². The minimum atomic E-state index is -0.499. The summed E-state index contributed by atoms with van der Waals surface area (Å²) in [5.41, 5.74) is 3.34. The Hall–Kier alpha value is -2.76. The summed E-state index contributed by atoms with van der Waals surface area (Å²) < 4.78 is 12.3. The van der Waals surface area contributed by atoms with E-state index in [-0.39, 0.29) is 12.1 Å². The number of amides is 1. The fourth-order valence-electron chi connectivity index (χ4n) is 3.30. The van der Waals surface area contributed by atoms with E-state index >= 15 is 0 Å². The maximum absolute atomic E-state index is 12.2. The van der Waals surface area contributed by atoms with Crippen molar-refractivity contribution in [1.82, 2.24) is 9.47 Å². The van der Waals surface area contributed by atoms with Gasteiger partial charge in [-0.1, -0.05) is 6.08 Å². The zero-order valence-electron chi connectivity index (χ0n) is 16.5. The number of aryl methyl sites for hydroxylation is 1. The van der Waals surface area contributed by atoms with Crippen LogP contribution in [0.1, 0.15) is 43.1 Å². The Morgan fingerprint density at radius 1 is 1.19 bits per heavy atom. The molecule has 0 spiro atoms. The molecule has 144 valence electrons. The van der Waals surface area contributed by atoms with Crippen LogP contribution in [-0.2, 0) is 16.5 Å². The van der Waals surface area contributed by atoms with Crippen LogP contribution in [0.2, 0.25) is 0 Å². The van der Waals surface area contributed by atoms with Crippen LogP contribution in [0, 0.1) is 0 Å². The van der Waals surface area contributed by atoms with Crippen LogP contribution in [0.25, 0.3) is 16.5 Å². The summed E-state index contributed by atoms with van der Waals surface area (Å²) in [7, 11) is 3.37. The second-order valence-electron chi connectivity index (χ2n) is 7.78. The molecule has 0 N–H and O–H groups in total. The van der Waals surface area contributed by atoms with Crippen LogP contribution < -0.4 is 0 Å². The van der Waals surface area contributed by atoms with Gasteiger partial charge in [-0.05, 0) is 51.0 Å². The Bertz CT molecular complexity index is 918. The van der Waals surface area contributed by atoms with E-state index in [0.29, 0.717) is 18.7 Å². The first-order valence-corrected chi connectivity index (χ1v) is 9.04. The average molecular weight is 370 g/mol. The lowest BCUT2D eigenvalue weighted by atomic mass is 9.98. The molecule has 1 aliphatic heterocycles. The van der Waals surface area contributed by atoms with E-state index in [1.54, 1.807) is 11.0 Å². The molecule has 6 heteroatoms. The molecule has 2 aromatic rings. The number of carbonyl (C=O) groups excluding carboxylic acids is 2. The molecule has 0 atom stereocenters. The van der Waals surface area contributed by atoms with Crippen LogP contribution in [0.15, 0.2) is 30.5 Å². The van der Waals surface area contributed by atoms with E-state index < -0.39 is 5.60 Å². The zero-order valence-corrected chi connectivity index (χ0v) is 16.5. The first-order chi connectivity index (χ1) is 12.7. The topological polar surface area (TPSA) is 60.8 Å². The summed E-state index contributed by atoms with van der Waals surface area (Å²) in [6, 6.07) is 5.58. The van der Waals surface area contributed by atoms with Gasteiger partial charge in [-0.25, -0.2) is 9.59 Å². The molecule has 0 aliphatic carbocycles. The first kappa shape index (κ1) is 19.0. The molecule has 1 aromatic carbocycles. The van der Waals surface area contributed by atoms with Crippen molar-refractivity contribution in [3.63, 3.8) is 0 Å². The molecule has 6 nitrogen and oxygen atoms in total. The minimum absolute atomic E-state index is 0.288. The Morgan fingerprint density at radius 3 is 2.52 bits per heavy atom. The van der Waals surface area contributed by atoms with Gasteiger partial charge >= 0.3 is 12.1 Å². The fourth-order valence-corrected chi connectivity index (χ4v) is 3.30. The fraction of sp³-hybridized carbons (Fsp3) is 0.429. The molecular weight excluding hydrogens is 344 g/mol. The molecule has 2 heterocycles. The second-order valence-corrected chi connectivity index (χ2v) is 7.78. The van der Waals surface area contributed by atoms with E-state index in [0.717, 1.165) is 22.9 Å². The van der Waals surface area contributed by atoms with Crippen LogP contribution >= 0.6 is 0 Å². The number of aromatic nitrogens is 1. The Balaban J connectivity index is 1.88. The van der Waals surface area contributed by atoms with Gasteiger partial charge in [0.1, 0.15) is 5.60 Å². The summed E-state index contributed by atoms with van der Waals surface area (Å²) in [6.07, 6.45) is 4.58. The predicted molar refractivity (Wildman–Crippen MR) is 105 cm³/mol. The number of benzene rings is 1. The Labute approximate surface area is 159 Å². The summed E-state index contributed by atoms with van der Waals surface area (Å²) >= 11 is 0. The van der Waals surface area contributed by atoms with Crippen molar-refractivity contribution in [2.45, 2.75) is 32.8 Å². The maximum Gasteiger partial charge on any atom is 0.410 e. The third-order valence-corrected chi connectivity index (χ3v) is 4.62. The number of hydrogen-bond donors (Lipinski definition) is 0. The summed E-state index contributed by atoms with van der Waals surface area (Å²) in [6.45, 7) is 6.71. The molecule has 0 fully saturated rings. The molecule has 3 rings (SSSR count). The van der Waals surface area contributed by atoms with Crippen molar-refractivity contribution in [3.05, 3.63) is 41.6 Å². The number of methoxy groups -OCH3 is 1. The number of hydrogen-bond acceptors (Lipinski definition) is 4. The van der Waals surface area contributed by atoms with E-state index in [1.807, 2.05) is 44.5 Å². The zero-order chi connectivity index (χ0) is 19.8. The van der Waals surface area contributed by atoms with Crippen LogP contribution in [0.3, 0.4) is 0 Å². The third-order valence-electron chi connectivity index (χ3n) is 4.62. The lowest BCUT2D eigenvalue weighted by molar-refractivity contribution is 0.0270. The molecule has 0 saturated carbocycles. The highest BCUT2D eigenvalue weighted by Crippen LogP contribution is 2.31. The van der Waals surface area contributed by atoms with E-state index in [4.69, 9.17) is 9.47 Å². The average Bonchev–Trinajstić information content (AvgIpc) is 2.96. The number of fused-ring (bicyclic) bond motifs is 1. The van der Waals surface area contributed by atoms with Crippen molar-refractivity contribution in [1.29, 1.82) is 0 Å². The molecule has 0 bridgehead atoms. The number of rotatable bonds is 2. The molecule has 1 aromatic heterocycles. The summed E-state index contributed by atoms with van der Waals surface area (Å²) in [5.74, 6) is -0.347. The largest absolute Gasteiger partial charge is 0.465 e. The van der Waals surface area contributed by atoms with Gasteiger partial charge in [0.05, 0.1) is 12.7 Å². The molecule has 27 heavy (non-hydrogen) atoms.